The number of nitrogens with zero attached hydrogens (tertiary/aromatic N) is 1. The summed E-state index contributed by atoms with van der Waals surface area (Å²) < 4.78 is 14.7. The van der Waals surface area contributed by atoms with Crippen molar-refractivity contribution in [3.8, 4) is 0 Å². The van der Waals surface area contributed by atoms with Crippen LogP contribution in [-0.4, -0.2) is 17.7 Å². The Morgan fingerprint density at radius 1 is 1.17 bits per heavy atom. The Bertz CT molecular complexity index is 728. The second-order valence-electron chi connectivity index (χ2n) is 6.05. The van der Waals surface area contributed by atoms with Gasteiger partial charge in [0.25, 0.3) is 5.56 Å². The van der Waals surface area contributed by atoms with Crippen LogP contribution in [0.4, 0.5) is 4.39 Å². The number of halogens is 1. The molecule has 2 aromatic rings. The van der Waals surface area contributed by atoms with Crippen LogP contribution >= 0.6 is 0 Å². The number of benzene rings is 1. The van der Waals surface area contributed by atoms with Gasteiger partial charge in [-0.2, -0.15) is 0 Å². The van der Waals surface area contributed by atoms with Crippen LogP contribution in [0.2, 0.25) is 0 Å². The van der Waals surface area contributed by atoms with Crippen LogP contribution in [0.15, 0.2) is 47.4 Å². The summed E-state index contributed by atoms with van der Waals surface area (Å²) in [4.78, 5) is 12.2. The van der Waals surface area contributed by atoms with Gasteiger partial charge >= 0.3 is 0 Å². The third-order valence-electron chi connectivity index (χ3n) is 4.21. The Balaban J connectivity index is 1.68. The molecule has 1 fully saturated rings. The molecule has 0 spiro atoms. The van der Waals surface area contributed by atoms with Crippen molar-refractivity contribution in [3.63, 3.8) is 0 Å². The molecule has 23 heavy (non-hydrogen) atoms. The quantitative estimate of drug-likeness (QED) is 0.941. The maximum atomic E-state index is 12.9. The number of pyridine rings is 1. The summed E-state index contributed by atoms with van der Waals surface area (Å²) in [5, 5.41) is 3.38. The van der Waals surface area contributed by atoms with E-state index in [-0.39, 0.29) is 11.4 Å². The van der Waals surface area contributed by atoms with Crippen LogP contribution in [0.1, 0.15) is 24.0 Å². The van der Waals surface area contributed by atoms with Gasteiger partial charge in [-0.1, -0.05) is 24.3 Å². The van der Waals surface area contributed by atoms with Gasteiger partial charge in [0.1, 0.15) is 5.82 Å². The molecule has 1 atom stereocenters. The van der Waals surface area contributed by atoms with Gasteiger partial charge in [-0.15, -0.1) is 0 Å². The van der Waals surface area contributed by atoms with Crippen LogP contribution in [-0.2, 0) is 6.54 Å². The van der Waals surface area contributed by atoms with Crippen molar-refractivity contribution in [2.24, 2.45) is 5.92 Å². The summed E-state index contributed by atoms with van der Waals surface area (Å²) in [6, 6.07) is 9.87. The Morgan fingerprint density at radius 3 is 2.65 bits per heavy atom. The minimum atomic E-state index is -0.248. The number of nitrogens with one attached hydrogen (secondary N) is 1. The predicted octanol–water partition coefficient (Wildman–Crippen LogP) is 3.16. The van der Waals surface area contributed by atoms with Crippen molar-refractivity contribution < 1.29 is 4.39 Å². The molecule has 1 aliphatic rings. The highest BCUT2D eigenvalue weighted by molar-refractivity contribution is 5.69. The first-order valence-electron chi connectivity index (χ1n) is 8.05. The Labute approximate surface area is 135 Å². The third kappa shape index (κ3) is 4.39. The lowest BCUT2D eigenvalue weighted by molar-refractivity contribution is 0.334. The smallest absolute Gasteiger partial charge is 0.251 e. The van der Waals surface area contributed by atoms with E-state index in [9.17, 15) is 9.18 Å². The van der Waals surface area contributed by atoms with Gasteiger partial charge in [0, 0.05) is 18.8 Å². The average Bonchev–Trinajstić information content (AvgIpc) is 2.57. The number of rotatable bonds is 4. The second-order valence-corrected chi connectivity index (χ2v) is 6.05. The molecule has 2 heterocycles. The fourth-order valence-electron chi connectivity index (χ4n) is 2.90. The first kappa shape index (κ1) is 15.7. The van der Waals surface area contributed by atoms with E-state index in [0.29, 0.717) is 5.92 Å². The Morgan fingerprint density at radius 2 is 1.96 bits per heavy atom. The summed E-state index contributed by atoms with van der Waals surface area (Å²) in [5.74, 6) is 0.281. The van der Waals surface area contributed by atoms with Gasteiger partial charge in [-0.05, 0) is 61.2 Å². The number of hydrogen-bond donors (Lipinski definition) is 1. The predicted molar refractivity (Wildman–Crippen MR) is 91.6 cm³/mol. The molecule has 1 aliphatic heterocycles. The zero-order valence-electron chi connectivity index (χ0n) is 13.0. The average molecular weight is 312 g/mol. The fourth-order valence-corrected chi connectivity index (χ4v) is 2.90. The van der Waals surface area contributed by atoms with Crippen LogP contribution in [0, 0.1) is 11.7 Å². The summed E-state index contributed by atoms with van der Waals surface area (Å²) in [5.41, 5.74) is 1.79. The van der Waals surface area contributed by atoms with Crippen molar-refractivity contribution in [1.82, 2.24) is 9.88 Å². The molecule has 120 valence electrons. The van der Waals surface area contributed by atoms with E-state index in [1.165, 1.54) is 25.0 Å². The molecule has 0 amide bonds. The minimum absolute atomic E-state index is 0.0248. The molecule has 1 N–H and O–H groups in total. The van der Waals surface area contributed by atoms with Crippen LogP contribution in [0.3, 0.4) is 0 Å². The van der Waals surface area contributed by atoms with Crippen LogP contribution in [0.5, 0.6) is 0 Å². The Hall–Kier alpha value is -2.20. The third-order valence-corrected chi connectivity index (χ3v) is 4.21. The van der Waals surface area contributed by atoms with E-state index < -0.39 is 0 Å². The molecule has 3 rings (SSSR count). The Kier molecular flexibility index (Phi) is 5.03. The maximum Gasteiger partial charge on any atom is 0.251 e. The molecule has 1 aromatic heterocycles. The van der Waals surface area contributed by atoms with E-state index >= 15 is 0 Å². The lowest BCUT2D eigenvalue weighted by Gasteiger charge is -2.23. The number of piperidine rings is 1. The van der Waals surface area contributed by atoms with Crippen molar-refractivity contribution in [3.05, 3.63) is 69.9 Å². The standard InChI is InChI=1S/C19H21FN2O/c20-18-7-5-15(6-8-18)3-4-16-9-11-22(19(23)12-16)14-17-2-1-10-21-13-17/h3-9,11-12,17,21H,1-2,10,13-14H2/b4-3+. The highest BCUT2D eigenvalue weighted by atomic mass is 19.1. The minimum Gasteiger partial charge on any atom is -0.316 e. The molecule has 1 unspecified atom stereocenters. The maximum absolute atomic E-state index is 12.9. The van der Waals surface area contributed by atoms with Crippen molar-refractivity contribution in [1.29, 1.82) is 0 Å². The first-order chi connectivity index (χ1) is 11.2. The van der Waals surface area contributed by atoms with Gasteiger partial charge in [0.15, 0.2) is 0 Å². The van der Waals surface area contributed by atoms with Gasteiger partial charge in [0.05, 0.1) is 0 Å². The van der Waals surface area contributed by atoms with E-state index in [4.69, 9.17) is 0 Å². The topological polar surface area (TPSA) is 34.0 Å². The van der Waals surface area contributed by atoms with Gasteiger partial charge in [-0.25, -0.2) is 4.39 Å². The molecule has 1 aromatic carbocycles. The number of aromatic nitrogens is 1. The second kappa shape index (κ2) is 7.38. The van der Waals surface area contributed by atoms with E-state index in [0.717, 1.165) is 30.8 Å². The fraction of sp³-hybridized carbons (Fsp3) is 0.316. The zero-order chi connectivity index (χ0) is 16.1. The van der Waals surface area contributed by atoms with Crippen molar-refractivity contribution in [2.45, 2.75) is 19.4 Å². The summed E-state index contributed by atoms with van der Waals surface area (Å²) in [7, 11) is 0. The molecular weight excluding hydrogens is 291 g/mol. The molecule has 0 radical (unpaired) electrons. The largest absolute Gasteiger partial charge is 0.316 e. The molecule has 0 bridgehead atoms. The number of hydrogen-bond acceptors (Lipinski definition) is 2. The molecule has 1 saturated heterocycles. The van der Waals surface area contributed by atoms with Crippen LogP contribution < -0.4 is 10.9 Å². The highest BCUT2D eigenvalue weighted by Gasteiger charge is 2.13. The summed E-state index contributed by atoms with van der Waals surface area (Å²) in [6.07, 6.45) is 7.97. The van der Waals surface area contributed by atoms with Gasteiger partial charge in [-0.3, -0.25) is 4.79 Å². The van der Waals surface area contributed by atoms with Crippen molar-refractivity contribution in [2.75, 3.05) is 13.1 Å². The summed E-state index contributed by atoms with van der Waals surface area (Å²) >= 11 is 0. The normalized spacial score (nSPS) is 18.4. The molecule has 4 heteroatoms. The zero-order valence-corrected chi connectivity index (χ0v) is 13.0. The first-order valence-corrected chi connectivity index (χ1v) is 8.05. The molecule has 3 nitrogen and oxygen atoms in total. The monoisotopic (exact) mass is 312 g/mol. The van der Waals surface area contributed by atoms with E-state index in [1.54, 1.807) is 22.8 Å². The SMILES string of the molecule is O=c1cc(/C=C/c2ccc(F)cc2)ccn1CC1CCCNC1. The highest BCUT2D eigenvalue weighted by Crippen LogP contribution is 2.12. The van der Waals surface area contributed by atoms with Crippen molar-refractivity contribution >= 4 is 12.2 Å². The lowest BCUT2D eigenvalue weighted by Crippen LogP contribution is -2.34. The molecular formula is C19H21FN2O. The van der Waals surface area contributed by atoms with Crippen LogP contribution in [0.25, 0.3) is 12.2 Å². The van der Waals surface area contributed by atoms with E-state index in [1.807, 2.05) is 24.4 Å². The summed E-state index contributed by atoms with van der Waals surface area (Å²) in [6.45, 7) is 2.84. The lowest BCUT2D eigenvalue weighted by atomic mass is 9.99. The van der Waals surface area contributed by atoms with Gasteiger partial charge < -0.3 is 9.88 Å². The van der Waals surface area contributed by atoms with Gasteiger partial charge in [0.2, 0.25) is 0 Å². The van der Waals surface area contributed by atoms with E-state index in [2.05, 4.69) is 5.32 Å². The molecule has 0 saturated carbocycles. The molecule has 0 aliphatic carbocycles.